The number of rotatable bonds is 5. The molecule has 1 atom stereocenters. The lowest BCUT2D eigenvalue weighted by molar-refractivity contribution is -0.140. The summed E-state index contributed by atoms with van der Waals surface area (Å²) in [5, 5.41) is 0. The van der Waals surface area contributed by atoms with Crippen LogP contribution in [0.1, 0.15) is 19.4 Å². The first-order valence-electron chi connectivity index (χ1n) is 5.86. The van der Waals surface area contributed by atoms with E-state index in [9.17, 15) is 4.79 Å². The lowest BCUT2D eigenvalue weighted by Crippen LogP contribution is -2.11. The first-order valence-corrected chi connectivity index (χ1v) is 9.00. The number of hydrogen-bond acceptors (Lipinski definition) is 2. The van der Waals surface area contributed by atoms with Crippen LogP contribution in [0.5, 0.6) is 0 Å². The van der Waals surface area contributed by atoms with Crippen LogP contribution in [-0.4, -0.2) is 31.3 Å². The minimum absolute atomic E-state index is 0.115. The van der Waals surface area contributed by atoms with Gasteiger partial charge in [-0.05, 0) is 13.3 Å². The average Bonchev–Trinajstić information content (AvgIpc) is 2.40. The summed E-state index contributed by atoms with van der Waals surface area (Å²) in [4.78, 5) is 10.4. The van der Waals surface area contributed by atoms with Crippen molar-refractivity contribution in [2.45, 2.75) is 24.5 Å². The maximum atomic E-state index is 10.4. The van der Waals surface area contributed by atoms with E-state index in [1.165, 1.54) is 5.56 Å². The molecule has 0 aliphatic carbocycles. The monoisotopic (exact) mass is 277 g/mol. The molecule has 4 heteroatoms. The predicted octanol–water partition coefficient (Wildman–Crippen LogP) is 3.37. The Balaban J connectivity index is 0.000000321. The standard InChI is InChI=1S/C7H11O2.C7H7.ClH.Mg/c1-4-6(3)9-7(8)5-2;1-7-5-3-2-4-6-7;;/h4-6H,2H2,1,3H3;2-6H,1H2;1H;/q;;;+1/p-1. The summed E-state index contributed by atoms with van der Waals surface area (Å²) in [7, 11) is 5.67. The molecule has 0 fully saturated rings. The molecular formula is C14H18ClMgO2. The third-order valence-electron chi connectivity index (χ3n) is 2.16. The Bertz CT molecular complexity index is 341. The molecule has 0 aromatic heterocycles. The molecule has 1 aromatic rings. The highest BCUT2D eigenvalue weighted by Crippen LogP contribution is 1.98. The van der Waals surface area contributed by atoms with Crippen molar-refractivity contribution in [3.05, 3.63) is 55.0 Å². The normalized spacial score (nSPS) is 10.4. The quantitative estimate of drug-likeness (QED) is 0.469. The Hall–Kier alpha value is -0.514. The van der Waals surface area contributed by atoms with Gasteiger partial charge >= 0.3 is 25.2 Å². The van der Waals surface area contributed by atoms with E-state index in [2.05, 4.69) is 30.8 Å². The fraction of sp³-hybridized carbons (Fsp3) is 0.286. The van der Waals surface area contributed by atoms with Crippen molar-refractivity contribution in [3.8, 4) is 0 Å². The first-order chi connectivity index (χ1) is 8.63. The average molecular weight is 278 g/mol. The maximum Gasteiger partial charge on any atom is 0.505 e. The molecule has 2 nitrogen and oxygen atoms in total. The van der Waals surface area contributed by atoms with E-state index in [1.54, 1.807) is 13.3 Å². The molecule has 0 saturated carbocycles. The summed E-state index contributed by atoms with van der Waals surface area (Å²) in [6.45, 7) is 6.89. The van der Waals surface area contributed by atoms with Gasteiger partial charge in [-0.25, -0.2) is 4.79 Å². The molecule has 1 aromatic carbocycles. The van der Waals surface area contributed by atoms with Crippen LogP contribution < -0.4 is 0 Å². The summed E-state index contributed by atoms with van der Waals surface area (Å²) in [6, 6.07) is 10.4. The van der Waals surface area contributed by atoms with Gasteiger partial charge in [0.25, 0.3) is 0 Å². The minimum Gasteiger partial charge on any atom is -0.459 e. The summed E-state index contributed by atoms with van der Waals surface area (Å²) in [6.07, 6.45) is 2.83. The zero-order chi connectivity index (χ0) is 13.8. The molecule has 0 aliphatic heterocycles. The number of esters is 1. The predicted molar refractivity (Wildman–Crippen MR) is 77.5 cm³/mol. The van der Waals surface area contributed by atoms with Gasteiger partial charge in [-0.3, -0.25) is 0 Å². The SMILES string of the molecule is C=CC(=O)OC(C)[CH]C.[Cl][Mg][CH2]c1ccccc1. The van der Waals surface area contributed by atoms with Gasteiger partial charge in [0.2, 0.25) is 0 Å². The fourth-order valence-corrected chi connectivity index (χ4v) is 2.26. The summed E-state index contributed by atoms with van der Waals surface area (Å²) >= 11 is -0.312. The van der Waals surface area contributed by atoms with E-state index < -0.39 is 0 Å². The van der Waals surface area contributed by atoms with Crippen LogP contribution in [0, 0.1) is 6.42 Å². The van der Waals surface area contributed by atoms with Crippen LogP contribution >= 0.6 is 9.07 Å². The lowest BCUT2D eigenvalue weighted by Gasteiger charge is -2.06. The molecule has 0 aliphatic rings. The van der Waals surface area contributed by atoms with Crippen molar-refractivity contribution in [1.29, 1.82) is 0 Å². The number of carbonyl (C=O) groups excluding carboxylic acids is 1. The Kier molecular flexibility index (Phi) is 11.2. The van der Waals surface area contributed by atoms with Crippen LogP contribution in [0.15, 0.2) is 43.0 Å². The van der Waals surface area contributed by atoms with Gasteiger partial charge in [0.15, 0.2) is 0 Å². The summed E-state index contributed by atoms with van der Waals surface area (Å²) in [5.41, 5.74) is 1.37. The van der Waals surface area contributed by atoms with Gasteiger partial charge in [-0.1, -0.05) is 53.9 Å². The largest absolute Gasteiger partial charge is 0.505 e. The second kappa shape index (κ2) is 11.6. The van der Waals surface area contributed by atoms with Crippen molar-refractivity contribution < 1.29 is 9.53 Å². The molecule has 18 heavy (non-hydrogen) atoms. The zero-order valence-electron chi connectivity index (χ0n) is 10.9. The minimum atomic E-state index is -0.374. The Morgan fingerprint density at radius 2 is 2.11 bits per heavy atom. The van der Waals surface area contributed by atoms with Crippen molar-refractivity contribution in [2.75, 3.05) is 0 Å². The van der Waals surface area contributed by atoms with Gasteiger partial charge in [-0.2, -0.15) is 0 Å². The fourth-order valence-electron chi connectivity index (χ4n) is 1.05. The van der Waals surface area contributed by atoms with Gasteiger partial charge in [0.05, 0.1) is 0 Å². The van der Waals surface area contributed by atoms with Gasteiger partial charge in [0, 0.05) is 6.08 Å². The zero-order valence-corrected chi connectivity index (χ0v) is 13.1. The van der Waals surface area contributed by atoms with Crippen LogP contribution in [0.3, 0.4) is 0 Å². The molecule has 0 bridgehead atoms. The van der Waals surface area contributed by atoms with Crippen molar-refractivity contribution in [2.24, 2.45) is 0 Å². The second-order valence-corrected chi connectivity index (χ2v) is 5.62. The lowest BCUT2D eigenvalue weighted by atomic mass is 10.2. The molecule has 95 valence electrons. The number of benzene rings is 1. The second-order valence-electron chi connectivity index (χ2n) is 3.60. The van der Waals surface area contributed by atoms with Crippen molar-refractivity contribution in [1.82, 2.24) is 0 Å². The third kappa shape index (κ3) is 9.51. The molecule has 1 rings (SSSR count). The third-order valence-corrected chi connectivity index (χ3v) is 3.50. The van der Waals surface area contributed by atoms with E-state index in [1.807, 2.05) is 13.0 Å². The van der Waals surface area contributed by atoms with E-state index in [-0.39, 0.29) is 31.3 Å². The molecular weight excluding hydrogens is 260 g/mol. The van der Waals surface area contributed by atoms with Gasteiger partial charge in [0.1, 0.15) is 6.10 Å². The van der Waals surface area contributed by atoms with Crippen LogP contribution in [0.25, 0.3) is 0 Å². The highest BCUT2D eigenvalue weighted by atomic mass is 35.5. The summed E-state index contributed by atoms with van der Waals surface area (Å²) in [5.74, 6) is -0.374. The number of carbonyl (C=O) groups is 1. The number of ether oxygens (including phenoxy) is 1. The molecule has 0 heterocycles. The molecule has 0 amide bonds. The van der Waals surface area contributed by atoms with Crippen LogP contribution in [0.2, 0.25) is 0 Å². The first kappa shape index (κ1) is 17.5. The van der Waals surface area contributed by atoms with E-state index in [4.69, 9.17) is 13.8 Å². The number of hydrogen-bond donors (Lipinski definition) is 0. The number of halogens is 1. The van der Waals surface area contributed by atoms with Gasteiger partial charge < -0.3 is 13.8 Å². The van der Waals surface area contributed by atoms with E-state index >= 15 is 0 Å². The molecule has 0 N–H and O–H groups in total. The summed E-state index contributed by atoms with van der Waals surface area (Å²) < 4.78 is 5.85. The molecule has 0 spiro atoms. The van der Waals surface area contributed by atoms with Crippen molar-refractivity contribution in [3.63, 3.8) is 0 Å². The molecule has 0 saturated heterocycles. The van der Waals surface area contributed by atoms with Gasteiger partial charge in [-0.15, -0.1) is 0 Å². The van der Waals surface area contributed by atoms with Crippen LogP contribution in [-0.2, 0) is 14.1 Å². The topological polar surface area (TPSA) is 26.3 Å². The highest BCUT2D eigenvalue weighted by molar-refractivity contribution is 6.93. The Morgan fingerprint density at radius 1 is 1.50 bits per heavy atom. The molecule has 1 unspecified atom stereocenters. The Morgan fingerprint density at radius 3 is 2.56 bits per heavy atom. The maximum absolute atomic E-state index is 10.4. The Labute approximate surface area is 123 Å². The molecule has 1 radical (unpaired) electrons. The van der Waals surface area contributed by atoms with Crippen molar-refractivity contribution >= 4 is 34.3 Å². The van der Waals surface area contributed by atoms with Crippen LogP contribution in [0.4, 0.5) is 0 Å². The van der Waals surface area contributed by atoms with E-state index in [0.717, 1.165) is 10.6 Å². The smallest absolute Gasteiger partial charge is 0.459 e. The van der Waals surface area contributed by atoms with E-state index in [0.29, 0.717) is 0 Å². The highest BCUT2D eigenvalue weighted by Gasteiger charge is 2.01.